The number of aryl methyl sites for hydroxylation is 2. The number of benzene rings is 2. The van der Waals surface area contributed by atoms with Gasteiger partial charge in [-0.3, -0.25) is 10.1 Å². The molecule has 4 aromatic rings. The summed E-state index contributed by atoms with van der Waals surface area (Å²) in [5.41, 5.74) is 10.6. The molecule has 0 spiro atoms. The molecule has 7 nitrogen and oxygen atoms in total. The van der Waals surface area contributed by atoms with Crippen LogP contribution in [0.15, 0.2) is 48.7 Å². The summed E-state index contributed by atoms with van der Waals surface area (Å²) in [5, 5.41) is 12.9. The van der Waals surface area contributed by atoms with E-state index in [1.807, 2.05) is 32.0 Å². The van der Waals surface area contributed by atoms with E-state index in [2.05, 4.69) is 25.8 Å². The highest BCUT2D eigenvalue weighted by atomic mass is 19.1. The molecule has 0 unspecified atom stereocenters. The lowest BCUT2D eigenvalue weighted by Crippen LogP contribution is -2.20. The van der Waals surface area contributed by atoms with Gasteiger partial charge in [0.05, 0.1) is 34.2 Å². The van der Waals surface area contributed by atoms with Crippen molar-refractivity contribution in [3.63, 3.8) is 0 Å². The van der Waals surface area contributed by atoms with Crippen molar-refractivity contribution in [3.05, 3.63) is 65.6 Å². The quantitative estimate of drug-likeness (QED) is 0.410. The summed E-state index contributed by atoms with van der Waals surface area (Å²) in [4.78, 5) is 16.6. The second-order valence-corrected chi connectivity index (χ2v) is 6.76. The number of anilines is 3. The molecule has 2 heterocycles. The highest BCUT2D eigenvalue weighted by Crippen LogP contribution is 2.30. The van der Waals surface area contributed by atoms with Gasteiger partial charge in [-0.2, -0.15) is 5.10 Å². The maximum Gasteiger partial charge on any atom is 0.323 e. The molecule has 0 bridgehead atoms. The van der Waals surface area contributed by atoms with Crippen LogP contribution in [0.4, 0.5) is 26.4 Å². The predicted molar refractivity (Wildman–Crippen MR) is 112 cm³/mol. The standard InChI is InChI=1S/C21H19FN6O/c1-11-8-15(22)18(9-12(11)2)26-21(29)25-13-6-7-16(24-10-13)14-4-3-5-17-19(14)20(23)28-27-17/h3-10H,1-2H3,(H3,23,27,28)(H2,25,26,29). The molecular weight excluding hydrogens is 371 g/mol. The first-order chi connectivity index (χ1) is 13.9. The van der Waals surface area contributed by atoms with Crippen LogP contribution in [0.5, 0.6) is 0 Å². The lowest BCUT2D eigenvalue weighted by Gasteiger charge is -2.11. The number of hydrogen-bond donors (Lipinski definition) is 4. The smallest absolute Gasteiger partial charge is 0.323 e. The molecule has 2 aromatic carbocycles. The number of urea groups is 1. The number of rotatable bonds is 3. The number of carbonyl (C=O) groups is 1. The average molecular weight is 390 g/mol. The van der Waals surface area contributed by atoms with E-state index < -0.39 is 11.8 Å². The molecule has 4 rings (SSSR count). The Hall–Kier alpha value is -3.94. The van der Waals surface area contributed by atoms with Crippen LogP contribution in [0.1, 0.15) is 11.1 Å². The van der Waals surface area contributed by atoms with Crippen LogP contribution in [0.3, 0.4) is 0 Å². The van der Waals surface area contributed by atoms with Gasteiger partial charge in [0.1, 0.15) is 5.82 Å². The normalized spacial score (nSPS) is 10.9. The molecule has 0 fully saturated rings. The number of fused-ring (bicyclic) bond motifs is 1. The van der Waals surface area contributed by atoms with Crippen LogP contribution < -0.4 is 16.4 Å². The van der Waals surface area contributed by atoms with E-state index in [9.17, 15) is 9.18 Å². The van der Waals surface area contributed by atoms with Crippen molar-refractivity contribution in [2.24, 2.45) is 0 Å². The molecule has 8 heteroatoms. The lowest BCUT2D eigenvalue weighted by atomic mass is 10.1. The molecule has 5 N–H and O–H groups in total. The first-order valence-corrected chi connectivity index (χ1v) is 8.96. The number of nitrogen functional groups attached to an aromatic ring is 1. The van der Waals surface area contributed by atoms with Crippen molar-refractivity contribution in [2.75, 3.05) is 16.4 Å². The minimum Gasteiger partial charge on any atom is -0.382 e. The van der Waals surface area contributed by atoms with Gasteiger partial charge in [0.2, 0.25) is 0 Å². The first kappa shape index (κ1) is 18.4. The number of amides is 2. The van der Waals surface area contributed by atoms with Crippen molar-refractivity contribution in [2.45, 2.75) is 13.8 Å². The second-order valence-electron chi connectivity index (χ2n) is 6.76. The van der Waals surface area contributed by atoms with Gasteiger partial charge in [0, 0.05) is 5.56 Å². The summed E-state index contributed by atoms with van der Waals surface area (Å²) in [6, 6.07) is 11.6. The Kier molecular flexibility index (Phi) is 4.59. The molecule has 0 aliphatic rings. The fraction of sp³-hybridized carbons (Fsp3) is 0.0952. The number of H-pyrrole nitrogens is 1. The number of hydrogen-bond acceptors (Lipinski definition) is 4. The van der Waals surface area contributed by atoms with Crippen LogP contribution in [-0.4, -0.2) is 21.2 Å². The van der Waals surface area contributed by atoms with Gasteiger partial charge in [-0.15, -0.1) is 0 Å². The van der Waals surface area contributed by atoms with Gasteiger partial charge in [0.15, 0.2) is 5.82 Å². The van der Waals surface area contributed by atoms with Gasteiger partial charge in [-0.25, -0.2) is 9.18 Å². The summed E-state index contributed by atoms with van der Waals surface area (Å²) < 4.78 is 14.0. The van der Waals surface area contributed by atoms with Gasteiger partial charge in [-0.1, -0.05) is 12.1 Å². The van der Waals surface area contributed by atoms with E-state index >= 15 is 0 Å². The molecule has 0 saturated carbocycles. The van der Waals surface area contributed by atoms with Gasteiger partial charge >= 0.3 is 6.03 Å². The number of nitrogens with zero attached hydrogens (tertiary/aromatic N) is 2. The van der Waals surface area contributed by atoms with Crippen molar-refractivity contribution < 1.29 is 9.18 Å². The molecule has 2 aromatic heterocycles. The Morgan fingerprint density at radius 3 is 2.66 bits per heavy atom. The van der Waals surface area contributed by atoms with Crippen LogP contribution in [0.25, 0.3) is 22.2 Å². The molecular formula is C21H19FN6O. The SMILES string of the molecule is Cc1cc(F)c(NC(=O)Nc2ccc(-c3cccc4[nH]nc(N)c34)nc2)cc1C. The average Bonchev–Trinajstić information content (AvgIpc) is 3.08. The number of aromatic amines is 1. The van der Waals surface area contributed by atoms with E-state index in [-0.39, 0.29) is 5.69 Å². The van der Waals surface area contributed by atoms with Crippen LogP contribution in [0, 0.1) is 19.7 Å². The van der Waals surface area contributed by atoms with Crippen molar-refractivity contribution in [1.82, 2.24) is 15.2 Å². The Labute approximate surface area is 166 Å². The third-order valence-corrected chi connectivity index (χ3v) is 4.75. The second kappa shape index (κ2) is 7.23. The van der Waals surface area contributed by atoms with E-state index in [0.29, 0.717) is 17.2 Å². The van der Waals surface area contributed by atoms with Crippen LogP contribution in [0.2, 0.25) is 0 Å². The number of aromatic nitrogens is 3. The maximum absolute atomic E-state index is 14.0. The molecule has 0 saturated heterocycles. The zero-order valence-corrected chi connectivity index (χ0v) is 15.9. The molecule has 29 heavy (non-hydrogen) atoms. The predicted octanol–water partition coefficient (Wildman–Crippen LogP) is 4.61. The highest BCUT2D eigenvalue weighted by molar-refractivity contribution is 6.02. The van der Waals surface area contributed by atoms with Gasteiger partial charge < -0.3 is 16.4 Å². The van der Waals surface area contributed by atoms with Crippen molar-refractivity contribution >= 4 is 34.1 Å². The van der Waals surface area contributed by atoms with Crippen LogP contribution in [-0.2, 0) is 0 Å². The fourth-order valence-electron chi connectivity index (χ4n) is 3.10. The number of pyridine rings is 1. The third kappa shape index (κ3) is 3.60. The monoisotopic (exact) mass is 390 g/mol. The molecule has 0 aliphatic carbocycles. The summed E-state index contributed by atoms with van der Waals surface area (Å²) in [7, 11) is 0. The fourth-order valence-corrected chi connectivity index (χ4v) is 3.10. The Morgan fingerprint density at radius 1 is 1.10 bits per heavy atom. The molecule has 2 amide bonds. The Bertz CT molecular complexity index is 1220. The molecule has 146 valence electrons. The third-order valence-electron chi connectivity index (χ3n) is 4.75. The molecule has 0 atom stereocenters. The number of carbonyl (C=O) groups excluding carboxylic acids is 1. The minimum absolute atomic E-state index is 0.122. The summed E-state index contributed by atoms with van der Waals surface area (Å²) in [6.45, 7) is 3.67. The maximum atomic E-state index is 14.0. The number of nitrogens with one attached hydrogen (secondary N) is 3. The summed E-state index contributed by atoms with van der Waals surface area (Å²) in [6.07, 6.45) is 1.53. The largest absolute Gasteiger partial charge is 0.382 e. The lowest BCUT2D eigenvalue weighted by molar-refractivity contribution is 0.262. The zero-order chi connectivity index (χ0) is 20.5. The van der Waals surface area contributed by atoms with E-state index in [0.717, 1.165) is 27.6 Å². The summed E-state index contributed by atoms with van der Waals surface area (Å²) in [5.74, 6) is -0.0862. The Morgan fingerprint density at radius 2 is 1.90 bits per heavy atom. The van der Waals surface area contributed by atoms with Crippen molar-refractivity contribution in [3.8, 4) is 11.3 Å². The topological polar surface area (TPSA) is 109 Å². The van der Waals surface area contributed by atoms with Crippen LogP contribution >= 0.6 is 0 Å². The summed E-state index contributed by atoms with van der Waals surface area (Å²) >= 11 is 0. The molecule has 0 radical (unpaired) electrons. The van der Waals surface area contributed by atoms with Gasteiger partial charge in [-0.05, 0) is 55.3 Å². The van der Waals surface area contributed by atoms with E-state index in [1.165, 1.54) is 12.3 Å². The number of nitrogens with two attached hydrogens (primary N) is 1. The number of halogens is 1. The van der Waals surface area contributed by atoms with Crippen molar-refractivity contribution in [1.29, 1.82) is 0 Å². The minimum atomic E-state index is -0.553. The first-order valence-electron chi connectivity index (χ1n) is 8.96. The molecule has 0 aliphatic heterocycles. The Balaban J connectivity index is 1.52. The zero-order valence-electron chi connectivity index (χ0n) is 15.9. The van der Waals surface area contributed by atoms with E-state index in [4.69, 9.17) is 5.73 Å². The van der Waals surface area contributed by atoms with E-state index in [1.54, 1.807) is 18.2 Å². The van der Waals surface area contributed by atoms with Gasteiger partial charge in [0.25, 0.3) is 0 Å². The highest BCUT2D eigenvalue weighted by Gasteiger charge is 2.12.